The number of nitrogens with zero attached hydrogens (tertiary/aromatic N) is 2. The molecule has 1 saturated heterocycles. The Morgan fingerprint density at radius 2 is 1.47 bits per heavy atom. The predicted molar refractivity (Wildman–Crippen MR) is 144 cm³/mol. The first-order chi connectivity index (χ1) is 18.1. The third-order valence-electron chi connectivity index (χ3n) is 6.64. The Balaban J connectivity index is 1.34. The molecule has 2 atom stereocenters. The van der Waals surface area contributed by atoms with E-state index in [2.05, 4.69) is 0 Å². The van der Waals surface area contributed by atoms with Gasteiger partial charge in [-0.1, -0.05) is 82.8 Å². The summed E-state index contributed by atoms with van der Waals surface area (Å²) < 4.78 is 5.55. The smallest absolute Gasteiger partial charge is 0.316 e. The molecule has 0 N–H and O–H groups in total. The molecule has 7 nitrogen and oxygen atoms in total. The number of likely N-dealkylation sites (tertiary alicyclic amines) is 1. The van der Waals surface area contributed by atoms with Crippen molar-refractivity contribution < 1.29 is 23.9 Å². The monoisotopic (exact) mass is 590 g/mol. The van der Waals surface area contributed by atoms with Crippen molar-refractivity contribution in [3.05, 3.63) is 91.4 Å². The molecular weight excluding hydrogens is 574 g/mol. The zero-order valence-corrected chi connectivity index (χ0v) is 22.7. The van der Waals surface area contributed by atoms with Gasteiger partial charge in [-0.2, -0.15) is 0 Å². The normalized spacial score (nSPS) is 17.7. The Hall–Kier alpha value is -3.10. The van der Waals surface area contributed by atoms with Crippen molar-refractivity contribution in [1.29, 1.82) is 0 Å². The first-order valence-corrected chi connectivity index (χ1v) is 13.0. The number of halogens is 4. The topological polar surface area (TPSA) is 84.0 Å². The molecule has 194 valence electrons. The van der Waals surface area contributed by atoms with Gasteiger partial charge in [-0.05, 0) is 24.6 Å². The van der Waals surface area contributed by atoms with Crippen molar-refractivity contribution in [2.24, 2.45) is 5.92 Å². The number of fused-ring (bicyclic) bond motifs is 1. The van der Waals surface area contributed by atoms with Crippen LogP contribution in [0.4, 0.5) is 5.69 Å². The van der Waals surface area contributed by atoms with Crippen LogP contribution in [0, 0.1) is 5.92 Å². The van der Waals surface area contributed by atoms with Crippen LogP contribution in [0.25, 0.3) is 0 Å². The first kappa shape index (κ1) is 26.5. The number of amides is 3. The lowest BCUT2D eigenvalue weighted by atomic mass is 10.1. The van der Waals surface area contributed by atoms with Crippen LogP contribution in [0.1, 0.15) is 45.7 Å². The molecule has 1 fully saturated rings. The minimum atomic E-state index is -0.745. The van der Waals surface area contributed by atoms with Crippen molar-refractivity contribution in [2.45, 2.75) is 19.4 Å². The van der Waals surface area contributed by atoms with Crippen LogP contribution in [0.15, 0.2) is 54.6 Å². The highest BCUT2D eigenvalue weighted by Crippen LogP contribution is 2.46. The Labute approximate surface area is 237 Å². The van der Waals surface area contributed by atoms with Crippen LogP contribution >= 0.6 is 46.4 Å². The van der Waals surface area contributed by atoms with Crippen molar-refractivity contribution in [3.8, 4) is 5.75 Å². The number of carbonyl (C=O) groups excluding carboxylic acids is 4. The third-order valence-corrected chi connectivity index (χ3v) is 8.44. The van der Waals surface area contributed by atoms with E-state index in [1.54, 1.807) is 4.90 Å². The molecular formula is C27H18Cl4N2O5. The molecule has 2 heterocycles. The molecule has 0 unspecified atom stereocenters. The summed E-state index contributed by atoms with van der Waals surface area (Å²) >= 11 is 24.6. The first-order valence-electron chi connectivity index (χ1n) is 11.5. The average Bonchev–Trinajstić information content (AvgIpc) is 3.43. The summed E-state index contributed by atoms with van der Waals surface area (Å²) in [4.78, 5) is 54.4. The molecule has 0 aromatic heterocycles. The van der Waals surface area contributed by atoms with Crippen molar-refractivity contribution >= 4 is 75.8 Å². The zero-order valence-electron chi connectivity index (χ0n) is 19.7. The molecule has 0 saturated carbocycles. The molecule has 5 rings (SSSR count). The van der Waals surface area contributed by atoms with Crippen LogP contribution in [0.3, 0.4) is 0 Å². The quantitative estimate of drug-likeness (QED) is 0.109. The summed E-state index contributed by atoms with van der Waals surface area (Å²) in [5, 5.41) is -0.631. The van der Waals surface area contributed by atoms with Gasteiger partial charge in [0.2, 0.25) is 5.91 Å². The summed E-state index contributed by atoms with van der Waals surface area (Å²) in [6, 6.07) is 15.2. The maximum Gasteiger partial charge on any atom is 0.316 e. The van der Waals surface area contributed by atoms with Gasteiger partial charge < -0.3 is 9.64 Å². The van der Waals surface area contributed by atoms with E-state index in [9.17, 15) is 19.2 Å². The largest absolute Gasteiger partial charge is 0.426 e. The lowest BCUT2D eigenvalue weighted by Gasteiger charge is -2.25. The fraction of sp³-hybridized carbons (Fsp3) is 0.185. The SMILES string of the molecule is C[C@@H](c1ccccc1)N1C[C@H](C(=O)Oc2cccc(N3C(=O)c4c(Cl)c(Cl)c(Cl)c(Cl)c4C3=O)c2)CC1=O. The van der Waals surface area contributed by atoms with E-state index in [0.717, 1.165) is 10.5 Å². The number of anilines is 1. The van der Waals surface area contributed by atoms with E-state index in [0.29, 0.717) is 0 Å². The van der Waals surface area contributed by atoms with Crippen LogP contribution < -0.4 is 9.64 Å². The molecule has 11 heteroatoms. The minimum Gasteiger partial charge on any atom is -0.426 e. The lowest BCUT2D eigenvalue weighted by molar-refractivity contribution is -0.139. The van der Waals surface area contributed by atoms with Crippen molar-refractivity contribution in [1.82, 2.24) is 4.90 Å². The van der Waals surface area contributed by atoms with Gasteiger partial charge in [0, 0.05) is 19.0 Å². The zero-order chi connectivity index (χ0) is 27.3. The fourth-order valence-corrected chi connectivity index (χ4v) is 5.66. The number of esters is 1. The number of rotatable bonds is 5. The Morgan fingerprint density at radius 3 is 2.08 bits per heavy atom. The van der Waals surface area contributed by atoms with Gasteiger partial charge in [-0.15, -0.1) is 0 Å². The van der Waals surface area contributed by atoms with E-state index in [4.69, 9.17) is 51.1 Å². The fourth-order valence-electron chi connectivity index (χ4n) is 4.64. The van der Waals surface area contributed by atoms with Gasteiger partial charge in [-0.3, -0.25) is 19.2 Å². The van der Waals surface area contributed by atoms with E-state index >= 15 is 0 Å². The molecule has 3 aromatic rings. The van der Waals surface area contributed by atoms with E-state index in [-0.39, 0.29) is 67.6 Å². The summed E-state index contributed by atoms with van der Waals surface area (Å²) in [6.45, 7) is 2.12. The molecule has 3 amide bonds. The summed E-state index contributed by atoms with van der Waals surface area (Å²) in [5.74, 6) is -2.80. The van der Waals surface area contributed by atoms with Gasteiger partial charge in [0.05, 0.1) is 48.9 Å². The average molecular weight is 592 g/mol. The molecule has 2 aliphatic heterocycles. The van der Waals surface area contributed by atoms with Crippen LogP contribution in [-0.4, -0.2) is 35.1 Å². The van der Waals surface area contributed by atoms with Crippen molar-refractivity contribution in [3.63, 3.8) is 0 Å². The number of hydrogen-bond donors (Lipinski definition) is 0. The molecule has 0 bridgehead atoms. The second-order valence-electron chi connectivity index (χ2n) is 8.90. The van der Waals surface area contributed by atoms with E-state index < -0.39 is 23.7 Å². The Bertz CT molecular complexity index is 1460. The van der Waals surface area contributed by atoms with Gasteiger partial charge >= 0.3 is 5.97 Å². The van der Waals surface area contributed by atoms with Gasteiger partial charge in [0.25, 0.3) is 11.8 Å². The number of hydrogen-bond acceptors (Lipinski definition) is 5. The second kappa shape index (κ2) is 10.2. The highest BCUT2D eigenvalue weighted by molar-refractivity contribution is 6.56. The van der Waals surface area contributed by atoms with Crippen LogP contribution in [0.2, 0.25) is 20.1 Å². The maximum absolute atomic E-state index is 13.1. The maximum atomic E-state index is 13.1. The summed E-state index contributed by atoms with van der Waals surface area (Å²) in [6.07, 6.45) is 0.0205. The standard InChI is InChI=1S/C27H18Cl4N2O5/c1-13(14-6-3-2-4-7-14)32-12-15(10-18(32)34)27(37)38-17-9-5-8-16(11-17)33-25(35)19-20(26(33)36)22(29)24(31)23(30)21(19)28/h2-9,11,13,15H,10,12H2,1H3/t13-,15+/m0/s1. The number of ether oxygens (including phenoxy) is 1. The van der Waals surface area contributed by atoms with E-state index in [1.165, 1.54) is 24.3 Å². The van der Waals surface area contributed by atoms with Crippen LogP contribution in [0.5, 0.6) is 5.75 Å². The summed E-state index contributed by atoms with van der Waals surface area (Å²) in [7, 11) is 0. The van der Waals surface area contributed by atoms with Crippen molar-refractivity contribution in [2.75, 3.05) is 11.4 Å². The lowest BCUT2D eigenvalue weighted by Crippen LogP contribution is -2.30. The molecule has 2 aliphatic rings. The van der Waals surface area contributed by atoms with Gasteiger partial charge in [0.1, 0.15) is 5.75 Å². The third kappa shape index (κ3) is 4.43. The number of benzene rings is 3. The predicted octanol–water partition coefficient (Wildman–Crippen LogP) is 6.62. The Kier molecular flexibility index (Phi) is 7.13. The van der Waals surface area contributed by atoms with Crippen LogP contribution in [-0.2, 0) is 9.59 Å². The summed E-state index contributed by atoms with van der Waals surface area (Å²) in [5.41, 5.74) is 0.778. The highest BCUT2D eigenvalue weighted by Gasteiger charge is 2.43. The van der Waals surface area contributed by atoms with Gasteiger partial charge in [0.15, 0.2) is 0 Å². The molecule has 0 radical (unpaired) electrons. The molecule has 0 spiro atoms. The van der Waals surface area contributed by atoms with Gasteiger partial charge in [-0.25, -0.2) is 4.90 Å². The molecule has 38 heavy (non-hydrogen) atoms. The Morgan fingerprint density at radius 1 is 0.868 bits per heavy atom. The number of imide groups is 1. The second-order valence-corrected chi connectivity index (χ2v) is 10.4. The minimum absolute atomic E-state index is 0.0205. The highest BCUT2D eigenvalue weighted by atomic mass is 35.5. The molecule has 3 aromatic carbocycles. The number of carbonyl (C=O) groups is 4. The molecule has 0 aliphatic carbocycles. The van der Waals surface area contributed by atoms with E-state index in [1.807, 2.05) is 37.3 Å².